The van der Waals surface area contributed by atoms with Gasteiger partial charge >= 0.3 is 0 Å². The molecule has 0 aromatic heterocycles. The molecule has 0 spiro atoms. The summed E-state index contributed by atoms with van der Waals surface area (Å²) in [5, 5.41) is 8.26. The molecule has 2 aromatic rings. The zero-order chi connectivity index (χ0) is 14.6. The number of anilines is 2. The molecule has 20 heavy (non-hydrogen) atoms. The van der Waals surface area contributed by atoms with Gasteiger partial charge in [-0.3, -0.25) is 4.72 Å². The highest BCUT2D eigenvalue weighted by molar-refractivity contribution is 7.90. The number of nitrogens with two attached hydrogens (primary N) is 1. The van der Waals surface area contributed by atoms with Crippen molar-refractivity contribution in [3.05, 3.63) is 60.2 Å². The van der Waals surface area contributed by atoms with Gasteiger partial charge in [0.1, 0.15) is 0 Å². The van der Waals surface area contributed by atoms with Gasteiger partial charge in [0.05, 0.1) is 5.69 Å². The molecule has 0 aliphatic heterocycles. The van der Waals surface area contributed by atoms with Crippen LogP contribution in [0.1, 0.15) is 18.5 Å². The van der Waals surface area contributed by atoms with Crippen molar-refractivity contribution in [3.8, 4) is 0 Å². The van der Waals surface area contributed by atoms with Crippen LogP contribution in [-0.2, 0) is 10.2 Å². The molecule has 0 saturated heterocycles. The quantitative estimate of drug-likeness (QED) is 0.791. The summed E-state index contributed by atoms with van der Waals surface area (Å²) in [4.78, 5) is 0. The van der Waals surface area contributed by atoms with Crippen LogP contribution >= 0.6 is 0 Å². The van der Waals surface area contributed by atoms with Gasteiger partial charge in [-0.1, -0.05) is 36.4 Å². The maximum atomic E-state index is 11.0. The summed E-state index contributed by atoms with van der Waals surface area (Å²) >= 11 is 0. The van der Waals surface area contributed by atoms with E-state index in [0.29, 0.717) is 5.69 Å². The highest BCUT2D eigenvalue weighted by atomic mass is 32.2. The topological polar surface area (TPSA) is 84.2 Å². The lowest BCUT2D eigenvalue weighted by Gasteiger charge is -2.16. The van der Waals surface area contributed by atoms with Crippen LogP contribution in [0.25, 0.3) is 0 Å². The largest absolute Gasteiger partial charge is 0.378 e. The second-order valence-electron chi connectivity index (χ2n) is 4.50. The summed E-state index contributed by atoms with van der Waals surface area (Å²) in [6.45, 7) is 2.04. The molecule has 0 aliphatic rings. The second kappa shape index (κ2) is 5.94. The average Bonchev–Trinajstić information content (AvgIpc) is 2.38. The van der Waals surface area contributed by atoms with Gasteiger partial charge in [-0.15, -0.1) is 0 Å². The summed E-state index contributed by atoms with van der Waals surface area (Å²) in [7, 11) is -3.75. The van der Waals surface area contributed by atoms with Crippen LogP contribution in [0.4, 0.5) is 11.4 Å². The maximum Gasteiger partial charge on any atom is 0.296 e. The minimum absolute atomic E-state index is 0.112. The molecule has 0 aliphatic carbocycles. The third-order valence-corrected chi connectivity index (χ3v) is 3.33. The van der Waals surface area contributed by atoms with Crippen molar-refractivity contribution in [2.24, 2.45) is 5.14 Å². The molecule has 5 nitrogen and oxygen atoms in total. The first-order valence-corrected chi connectivity index (χ1v) is 7.71. The molecule has 0 amide bonds. The summed E-state index contributed by atoms with van der Waals surface area (Å²) < 4.78 is 24.2. The number of nitrogens with one attached hydrogen (secondary N) is 2. The van der Waals surface area contributed by atoms with E-state index in [0.717, 1.165) is 11.3 Å². The Kier molecular flexibility index (Phi) is 4.26. The predicted molar refractivity (Wildman–Crippen MR) is 81.7 cm³/mol. The van der Waals surface area contributed by atoms with Gasteiger partial charge < -0.3 is 5.32 Å². The fraction of sp³-hybridized carbons (Fsp3) is 0.143. The Balaban J connectivity index is 2.12. The fourth-order valence-electron chi connectivity index (χ4n) is 1.91. The molecule has 0 radical (unpaired) electrons. The molecule has 0 heterocycles. The van der Waals surface area contributed by atoms with Crippen molar-refractivity contribution in [2.45, 2.75) is 13.0 Å². The smallest absolute Gasteiger partial charge is 0.296 e. The van der Waals surface area contributed by atoms with Gasteiger partial charge in [-0.05, 0) is 30.7 Å². The molecular weight excluding hydrogens is 274 g/mol. The first-order valence-electron chi connectivity index (χ1n) is 6.16. The highest BCUT2D eigenvalue weighted by Gasteiger charge is 2.06. The third kappa shape index (κ3) is 4.25. The Labute approximate surface area is 119 Å². The van der Waals surface area contributed by atoms with Crippen LogP contribution in [0, 0.1) is 0 Å². The van der Waals surface area contributed by atoms with E-state index >= 15 is 0 Å². The van der Waals surface area contributed by atoms with E-state index in [1.54, 1.807) is 18.2 Å². The van der Waals surface area contributed by atoms with Crippen molar-refractivity contribution in [1.82, 2.24) is 0 Å². The van der Waals surface area contributed by atoms with Gasteiger partial charge in [-0.25, -0.2) is 5.14 Å². The van der Waals surface area contributed by atoms with Crippen LogP contribution in [0.2, 0.25) is 0 Å². The van der Waals surface area contributed by atoms with E-state index in [1.807, 2.05) is 43.3 Å². The van der Waals surface area contributed by atoms with E-state index in [-0.39, 0.29) is 6.04 Å². The van der Waals surface area contributed by atoms with Crippen molar-refractivity contribution in [2.75, 3.05) is 10.0 Å². The number of rotatable bonds is 5. The van der Waals surface area contributed by atoms with Crippen LogP contribution < -0.4 is 15.2 Å². The average molecular weight is 291 g/mol. The molecule has 106 valence electrons. The van der Waals surface area contributed by atoms with E-state index < -0.39 is 10.2 Å². The lowest BCUT2D eigenvalue weighted by atomic mass is 10.1. The first-order chi connectivity index (χ1) is 9.44. The summed E-state index contributed by atoms with van der Waals surface area (Å²) in [6.07, 6.45) is 0. The van der Waals surface area contributed by atoms with Crippen molar-refractivity contribution >= 4 is 21.6 Å². The second-order valence-corrected chi connectivity index (χ2v) is 5.80. The molecule has 0 fully saturated rings. The first kappa shape index (κ1) is 14.4. The Morgan fingerprint density at radius 2 is 1.65 bits per heavy atom. The van der Waals surface area contributed by atoms with Gasteiger partial charge in [0.2, 0.25) is 0 Å². The van der Waals surface area contributed by atoms with Crippen LogP contribution in [0.5, 0.6) is 0 Å². The minimum atomic E-state index is -3.75. The van der Waals surface area contributed by atoms with Crippen LogP contribution in [0.3, 0.4) is 0 Å². The fourth-order valence-corrected chi connectivity index (χ4v) is 2.37. The van der Waals surface area contributed by atoms with Gasteiger partial charge in [0, 0.05) is 11.7 Å². The van der Waals surface area contributed by atoms with Crippen LogP contribution in [0.15, 0.2) is 54.6 Å². The minimum Gasteiger partial charge on any atom is -0.378 e. The summed E-state index contributed by atoms with van der Waals surface area (Å²) in [6, 6.07) is 17.1. The van der Waals surface area contributed by atoms with E-state index in [2.05, 4.69) is 10.0 Å². The maximum absolute atomic E-state index is 11.0. The normalized spacial score (nSPS) is 12.7. The molecular formula is C14H17N3O2S. The lowest BCUT2D eigenvalue weighted by molar-refractivity contribution is 0.603. The zero-order valence-electron chi connectivity index (χ0n) is 11.1. The van der Waals surface area contributed by atoms with E-state index in [4.69, 9.17) is 5.14 Å². The van der Waals surface area contributed by atoms with Gasteiger partial charge in [0.25, 0.3) is 10.2 Å². The Hall–Kier alpha value is -2.05. The molecule has 2 aromatic carbocycles. The Morgan fingerprint density at radius 1 is 1.00 bits per heavy atom. The van der Waals surface area contributed by atoms with Crippen molar-refractivity contribution in [1.29, 1.82) is 0 Å². The molecule has 1 atom stereocenters. The number of hydrogen-bond acceptors (Lipinski definition) is 3. The Bertz CT molecular complexity index is 672. The molecule has 1 unspecified atom stereocenters. The number of hydrogen-bond donors (Lipinski definition) is 3. The summed E-state index contributed by atoms with van der Waals surface area (Å²) in [5.41, 5.74) is 2.39. The van der Waals surface area contributed by atoms with Crippen molar-refractivity contribution in [3.63, 3.8) is 0 Å². The highest BCUT2D eigenvalue weighted by Crippen LogP contribution is 2.21. The lowest BCUT2D eigenvalue weighted by Crippen LogP contribution is -2.21. The molecule has 4 N–H and O–H groups in total. The third-order valence-electron chi connectivity index (χ3n) is 2.81. The molecule has 2 rings (SSSR count). The van der Waals surface area contributed by atoms with E-state index in [1.165, 1.54) is 0 Å². The van der Waals surface area contributed by atoms with Crippen LogP contribution in [-0.4, -0.2) is 8.42 Å². The van der Waals surface area contributed by atoms with E-state index in [9.17, 15) is 8.42 Å². The molecule has 0 bridgehead atoms. The predicted octanol–water partition coefficient (Wildman–Crippen LogP) is 2.48. The monoisotopic (exact) mass is 291 g/mol. The molecule has 0 saturated carbocycles. The van der Waals surface area contributed by atoms with Gasteiger partial charge in [0.15, 0.2) is 0 Å². The number of benzene rings is 2. The van der Waals surface area contributed by atoms with Gasteiger partial charge in [-0.2, -0.15) is 8.42 Å². The summed E-state index contributed by atoms with van der Waals surface area (Å²) in [5.74, 6) is 0. The zero-order valence-corrected chi connectivity index (χ0v) is 11.9. The standard InChI is InChI=1S/C14H17N3O2S/c1-11(12-6-3-2-4-7-12)16-13-8-5-9-14(10-13)17-20(15,18)19/h2-11,16-17H,1H3,(H2,15,18,19). The Morgan fingerprint density at radius 3 is 2.30 bits per heavy atom. The molecule has 6 heteroatoms. The SMILES string of the molecule is CC(Nc1cccc(NS(N)(=O)=O)c1)c1ccccc1. The van der Waals surface area contributed by atoms with Crippen molar-refractivity contribution < 1.29 is 8.42 Å².